The topological polar surface area (TPSA) is 75.7 Å². The average Bonchev–Trinajstić information content (AvgIpc) is 2.59. The van der Waals surface area contributed by atoms with Crippen LogP contribution < -0.4 is 4.72 Å². The molecular formula is C12H24N2O4S. The van der Waals surface area contributed by atoms with Gasteiger partial charge in [-0.05, 0) is 12.8 Å². The fraction of sp³-hybridized carbons (Fsp3) is 0.917. The molecule has 0 aliphatic carbocycles. The van der Waals surface area contributed by atoms with Crippen LogP contribution in [0.3, 0.4) is 0 Å². The SMILES string of the molecule is CCCC1(CCC)C(=O)OC[C@H]1NS(=O)(=O)N(C)C. The van der Waals surface area contributed by atoms with Crippen LogP contribution in [0.25, 0.3) is 0 Å². The number of hydrogen-bond acceptors (Lipinski definition) is 4. The summed E-state index contributed by atoms with van der Waals surface area (Å²) in [6, 6.07) is -0.479. The van der Waals surface area contributed by atoms with E-state index in [-0.39, 0.29) is 12.6 Å². The molecule has 1 atom stereocenters. The van der Waals surface area contributed by atoms with Gasteiger partial charge in [-0.1, -0.05) is 26.7 Å². The first-order valence-corrected chi connectivity index (χ1v) is 8.11. The maximum absolute atomic E-state index is 12.1. The summed E-state index contributed by atoms with van der Waals surface area (Å²) in [4.78, 5) is 12.1. The highest BCUT2D eigenvalue weighted by atomic mass is 32.2. The first-order valence-electron chi connectivity index (χ1n) is 6.67. The van der Waals surface area contributed by atoms with E-state index in [1.54, 1.807) is 0 Å². The molecule has 0 radical (unpaired) electrons. The Kier molecular flexibility index (Phi) is 5.34. The minimum Gasteiger partial charge on any atom is -0.463 e. The summed E-state index contributed by atoms with van der Waals surface area (Å²) in [5, 5.41) is 0. The van der Waals surface area contributed by atoms with E-state index in [1.165, 1.54) is 14.1 Å². The van der Waals surface area contributed by atoms with E-state index in [2.05, 4.69) is 4.72 Å². The molecule has 0 bridgehead atoms. The molecule has 6 nitrogen and oxygen atoms in total. The first kappa shape index (κ1) is 16.4. The Morgan fingerprint density at radius 1 is 1.32 bits per heavy atom. The first-order chi connectivity index (χ1) is 8.80. The molecule has 0 unspecified atom stereocenters. The highest BCUT2D eigenvalue weighted by Gasteiger charge is 2.52. The van der Waals surface area contributed by atoms with Gasteiger partial charge in [-0.2, -0.15) is 17.4 Å². The number of carbonyl (C=O) groups excluding carboxylic acids is 1. The molecule has 0 amide bonds. The Balaban J connectivity index is 3.01. The average molecular weight is 292 g/mol. The molecule has 1 aliphatic heterocycles. The standard InChI is InChI=1S/C12H24N2O4S/c1-5-7-12(8-6-2)10(9-18-11(12)15)13-19(16,17)14(3)4/h10,13H,5-9H2,1-4H3/t10-/m1/s1. The molecule has 0 aromatic rings. The van der Waals surface area contributed by atoms with Crippen LogP contribution in [0.4, 0.5) is 0 Å². The van der Waals surface area contributed by atoms with Gasteiger partial charge in [0.15, 0.2) is 0 Å². The number of ether oxygens (including phenoxy) is 1. The van der Waals surface area contributed by atoms with Crippen LogP contribution in [0, 0.1) is 5.41 Å². The molecule has 0 aromatic heterocycles. The monoisotopic (exact) mass is 292 g/mol. The summed E-state index contributed by atoms with van der Waals surface area (Å²) in [6.45, 7) is 4.09. The molecule has 7 heteroatoms. The Hall–Kier alpha value is -0.660. The summed E-state index contributed by atoms with van der Waals surface area (Å²) < 4.78 is 32.7. The van der Waals surface area contributed by atoms with Crippen LogP contribution in [-0.2, 0) is 19.7 Å². The normalized spacial score (nSPS) is 22.8. The lowest BCUT2D eigenvalue weighted by atomic mass is 9.75. The van der Waals surface area contributed by atoms with Crippen molar-refractivity contribution in [1.29, 1.82) is 0 Å². The third-order valence-corrected chi connectivity index (χ3v) is 5.16. The molecule has 1 rings (SSSR count). The number of hydrogen-bond donors (Lipinski definition) is 1. The minimum atomic E-state index is -3.56. The number of nitrogens with zero attached hydrogens (tertiary/aromatic N) is 1. The lowest BCUT2D eigenvalue weighted by molar-refractivity contribution is -0.147. The number of esters is 1. The van der Waals surface area contributed by atoms with Gasteiger partial charge in [0.2, 0.25) is 0 Å². The second-order valence-corrected chi connectivity index (χ2v) is 7.13. The molecule has 0 spiro atoms. The van der Waals surface area contributed by atoms with Crippen molar-refractivity contribution in [3.63, 3.8) is 0 Å². The van der Waals surface area contributed by atoms with E-state index in [0.29, 0.717) is 12.8 Å². The largest absolute Gasteiger partial charge is 0.463 e. The van der Waals surface area contributed by atoms with Gasteiger partial charge in [0, 0.05) is 14.1 Å². The summed E-state index contributed by atoms with van der Waals surface area (Å²) in [5.41, 5.74) is -0.716. The molecule has 1 fully saturated rings. The van der Waals surface area contributed by atoms with E-state index in [9.17, 15) is 13.2 Å². The van der Waals surface area contributed by atoms with Crippen molar-refractivity contribution < 1.29 is 17.9 Å². The van der Waals surface area contributed by atoms with Crippen molar-refractivity contribution in [2.45, 2.75) is 45.6 Å². The van der Waals surface area contributed by atoms with Crippen LogP contribution in [0.5, 0.6) is 0 Å². The van der Waals surface area contributed by atoms with E-state index in [1.807, 2.05) is 13.8 Å². The van der Waals surface area contributed by atoms with Gasteiger partial charge in [0.1, 0.15) is 6.61 Å². The number of nitrogens with one attached hydrogen (secondary N) is 1. The zero-order valence-corrected chi connectivity index (χ0v) is 12.9. The lowest BCUT2D eigenvalue weighted by Gasteiger charge is -2.31. The van der Waals surface area contributed by atoms with E-state index in [4.69, 9.17) is 4.74 Å². The molecule has 0 saturated carbocycles. The van der Waals surface area contributed by atoms with Gasteiger partial charge in [-0.3, -0.25) is 4.79 Å². The lowest BCUT2D eigenvalue weighted by Crippen LogP contribution is -2.51. The summed E-state index contributed by atoms with van der Waals surface area (Å²) in [5.74, 6) is -0.275. The zero-order valence-electron chi connectivity index (χ0n) is 12.1. The van der Waals surface area contributed by atoms with Crippen LogP contribution in [0.1, 0.15) is 39.5 Å². The second kappa shape index (κ2) is 6.19. The fourth-order valence-corrected chi connectivity index (χ4v) is 3.47. The minimum absolute atomic E-state index is 0.117. The second-order valence-electron chi connectivity index (χ2n) is 5.21. The van der Waals surface area contributed by atoms with Crippen molar-refractivity contribution >= 4 is 16.2 Å². The Morgan fingerprint density at radius 2 is 1.84 bits per heavy atom. The molecule has 1 heterocycles. The number of cyclic esters (lactones) is 1. The van der Waals surface area contributed by atoms with Crippen LogP contribution >= 0.6 is 0 Å². The zero-order chi connectivity index (χ0) is 14.7. The fourth-order valence-electron chi connectivity index (χ4n) is 2.61. The van der Waals surface area contributed by atoms with Gasteiger partial charge < -0.3 is 4.74 Å². The van der Waals surface area contributed by atoms with Crippen LogP contribution in [0.2, 0.25) is 0 Å². The van der Waals surface area contributed by atoms with Crippen molar-refractivity contribution in [2.24, 2.45) is 5.41 Å². The molecule has 1 N–H and O–H groups in total. The van der Waals surface area contributed by atoms with Gasteiger partial charge in [-0.15, -0.1) is 0 Å². The van der Waals surface area contributed by atoms with Crippen LogP contribution in [0.15, 0.2) is 0 Å². The van der Waals surface area contributed by atoms with Crippen molar-refractivity contribution in [1.82, 2.24) is 9.03 Å². The smallest absolute Gasteiger partial charge is 0.313 e. The number of carbonyl (C=O) groups is 1. The molecule has 112 valence electrons. The van der Waals surface area contributed by atoms with E-state index < -0.39 is 21.7 Å². The number of rotatable bonds is 7. The van der Waals surface area contributed by atoms with Crippen molar-refractivity contribution in [2.75, 3.05) is 20.7 Å². The summed E-state index contributed by atoms with van der Waals surface area (Å²) in [6.07, 6.45) is 2.91. The Bertz CT molecular complexity index is 413. The summed E-state index contributed by atoms with van der Waals surface area (Å²) >= 11 is 0. The molecule has 0 aromatic carbocycles. The van der Waals surface area contributed by atoms with E-state index in [0.717, 1.165) is 17.1 Å². The van der Waals surface area contributed by atoms with Crippen LogP contribution in [-0.4, -0.2) is 45.4 Å². The maximum Gasteiger partial charge on any atom is 0.313 e. The van der Waals surface area contributed by atoms with Gasteiger partial charge in [0.25, 0.3) is 10.2 Å². The summed E-state index contributed by atoms with van der Waals surface area (Å²) in [7, 11) is -0.642. The molecular weight excluding hydrogens is 268 g/mol. The van der Waals surface area contributed by atoms with Gasteiger partial charge in [-0.25, -0.2) is 0 Å². The van der Waals surface area contributed by atoms with Gasteiger partial charge >= 0.3 is 5.97 Å². The predicted octanol–water partition coefficient (Wildman–Crippen LogP) is 0.894. The maximum atomic E-state index is 12.1. The van der Waals surface area contributed by atoms with Crippen molar-refractivity contribution in [3.8, 4) is 0 Å². The van der Waals surface area contributed by atoms with Gasteiger partial charge in [0.05, 0.1) is 11.5 Å². The van der Waals surface area contributed by atoms with E-state index >= 15 is 0 Å². The molecule has 1 saturated heterocycles. The van der Waals surface area contributed by atoms with Crippen molar-refractivity contribution in [3.05, 3.63) is 0 Å². The third kappa shape index (κ3) is 3.27. The predicted molar refractivity (Wildman–Crippen MR) is 72.7 cm³/mol. The third-order valence-electron chi connectivity index (χ3n) is 3.62. The molecule has 1 aliphatic rings. The highest BCUT2D eigenvalue weighted by molar-refractivity contribution is 7.87. The molecule has 19 heavy (non-hydrogen) atoms. The Morgan fingerprint density at radius 3 is 2.26 bits per heavy atom. The highest BCUT2D eigenvalue weighted by Crippen LogP contribution is 2.40. The quantitative estimate of drug-likeness (QED) is 0.707. The Labute approximate surface area is 115 Å².